The first-order valence-electron chi connectivity index (χ1n) is 7.89. The minimum Gasteiger partial charge on any atom is -0.422 e. The zero-order valence-electron chi connectivity index (χ0n) is 13.9. The Morgan fingerprint density at radius 2 is 2.17 bits per heavy atom. The molecule has 2 aromatic rings. The van der Waals surface area contributed by atoms with Crippen LogP contribution in [-0.4, -0.2) is 45.7 Å². The number of carbonyl (C=O) groups excluding carboxylic acids is 1. The number of aromatic nitrogens is 3. The van der Waals surface area contributed by atoms with Crippen molar-refractivity contribution in [1.82, 2.24) is 20.1 Å². The zero-order valence-corrected chi connectivity index (χ0v) is 13.9. The maximum absolute atomic E-state index is 12.6. The van der Waals surface area contributed by atoms with Gasteiger partial charge in [-0.15, -0.1) is 10.2 Å². The Balaban J connectivity index is 1.77. The van der Waals surface area contributed by atoms with E-state index >= 15 is 0 Å². The first kappa shape index (κ1) is 16.4. The van der Waals surface area contributed by atoms with E-state index in [1.54, 1.807) is 17.9 Å². The summed E-state index contributed by atoms with van der Waals surface area (Å²) in [4.78, 5) is 28.5. The number of H-pyrrole nitrogens is 1. The number of nitrogens with one attached hydrogen (secondary N) is 1. The maximum Gasteiger partial charge on any atom is 0.254 e. The van der Waals surface area contributed by atoms with Gasteiger partial charge in [0.05, 0.1) is 13.2 Å². The fourth-order valence-corrected chi connectivity index (χ4v) is 2.58. The molecule has 24 heavy (non-hydrogen) atoms. The molecule has 0 spiro atoms. The molecule has 1 saturated heterocycles. The Kier molecular flexibility index (Phi) is 4.48. The van der Waals surface area contributed by atoms with Crippen LogP contribution in [-0.2, 0) is 4.74 Å². The SMILES string of the molecule is Cc1cc(C(=O)N2CCO[C@@H](c3nnc(C(C)C)o3)C2)cc(=O)[nH]1. The molecule has 0 bridgehead atoms. The van der Waals surface area contributed by atoms with Crippen LogP contribution in [0.25, 0.3) is 0 Å². The summed E-state index contributed by atoms with van der Waals surface area (Å²) in [5, 5.41) is 8.02. The van der Waals surface area contributed by atoms with Gasteiger partial charge in [0.2, 0.25) is 17.3 Å². The van der Waals surface area contributed by atoms with Crippen LogP contribution in [0.5, 0.6) is 0 Å². The molecule has 1 fully saturated rings. The minimum atomic E-state index is -0.453. The highest BCUT2D eigenvalue weighted by Gasteiger charge is 2.30. The van der Waals surface area contributed by atoms with Gasteiger partial charge in [-0.05, 0) is 13.0 Å². The summed E-state index contributed by atoms with van der Waals surface area (Å²) < 4.78 is 11.3. The number of carbonyl (C=O) groups is 1. The van der Waals surface area contributed by atoms with Gasteiger partial charge in [-0.3, -0.25) is 9.59 Å². The molecule has 0 saturated carbocycles. The minimum absolute atomic E-state index is 0.131. The Morgan fingerprint density at radius 3 is 2.83 bits per heavy atom. The number of aromatic amines is 1. The lowest BCUT2D eigenvalue weighted by Crippen LogP contribution is -2.42. The molecule has 8 nitrogen and oxygen atoms in total. The number of aryl methyl sites for hydroxylation is 1. The quantitative estimate of drug-likeness (QED) is 0.912. The number of hydrogen-bond donors (Lipinski definition) is 1. The number of nitrogens with zero attached hydrogens (tertiary/aromatic N) is 3. The van der Waals surface area contributed by atoms with Gasteiger partial charge in [-0.2, -0.15) is 0 Å². The number of rotatable bonds is 3. The van der Waals surface area contributed by atoms with Crippen molar-refractivity contribution in [2.24, 2.45) is 0 Å². The Hall–Kier alpha value is -2.48. The van der Waals surface area contributed by atoms with Crippen molar-refractivity contribution < 1.29 is 13.9 Å². The van der Waals surface area contributed by atoms with Crippen molar-refractivity contribution >= 4 is 5.91 Å². The molecular weight excluding hydrogens is 312 g/mol. The van der Waals surface area contributed by atoms with Gasteiger partial charge < -0.3 is 19.0 Å². The lowest BCUT2D eigenvalue weighted by Gasteiger charge is -2.31. The third kappa shape index (κ3) is 3.38. The average molecular weight is 332 g/mol. The molecule has 1 amide bonds. The molecule has 0 unspecified atom stereocenters. The van der Waals surface area contributed by atoms with Crippen LogP contribution in [0.2, 0.25) is 0 Å². The van der Waals surface area contributed by atoms with Gasteiger partial charge >= 0.3 is 0 Å². The van der Waals surface area contributed by atoms with Gasteiger partial charge in [0.25, 0.3) is 5.91 Å². The van der Waals surface area contributed by atoms with Crippen LogP contribution < -0.4 is 5.56 Å². The van der Waals surface area contributed by atoms with Gasteiger partial charge in [-0.25, -0.2) is 0 Å². The van der Waals surface area contributed by atoms with Crippen molar-refractivity contribution in [1.29, 1.82) is 0 Å². The highest BCUT2D eigenvalue weighted by Crippen LogP contribution is 2.24. The van der Waals surface area contributed by atoms with Gasteiger partial charge in [0, 0.05) is 29.8 Å². The lowest BCUT2D eigenvalue weighted by molar-refractivity contribution is -0.0351. The third-order valence-electron chi connectivity index (χ3n) is 3.81. The summed E-state index contributed by atoms with van der Waals surface area (Å²) in [5.74, 6) is 0.841. The fourth-order valence-electron chi connectivity index (χ4n) is 2.58. The lowest BCUT2D eigenvalue weighted by atomic mass is 10.1. The van der Waals surface area contributed by atoms with E-state index < -0.39 is 6.10 Å². The summed E-state index contributed by atoms with van der Waals surface area (Å²) in [6.07, 6.45) is -0.453. The summed E-state index contributed by atoms with van der Waals surface area (Å²) in [6.45, 7) is 6.80. The second-order valence-electron chi connectivity index (χ2n) is 6.16. The Morgan fingerprint density at radius 1 is 1.38 bits per heavy atom. The molecule has 1 aliphatic heterocycles. The first-order chi connectivity index (χ1) is 11.4. The summed E-state index contributed by atoms with van der Waals surface area (Å²) in [6, 6.07) is 2.97. The second-order valence-corrected chi connectivity index (χ2v) is 6.16. The van der Waals surface area contributed by atoms with Crippen LogP contribution in [0.4, 0.5) is 0 Å². The van der Waals surface area contributed by atoms with Gasteiger partial charge in [-0.1, -0.05) is 13.8 Å². The van der Waals surface area contributed by atoms with Crippen LogP contribution in [0.1, 0.15) is 53.7 Å². The highest BCUT2D eigenvalue weighted by molar-refractivity contribution is 5.94. The molecule has 3 rings (SSSR count). The molecule has 3 heterocycles. The van der Waals surface area contributed by atoms with E-state index in [-0.39, 0.29) is 17.4 Å². The highest BCUT2D eigenvalue weighted by atomic mass is 16.5. The van der Waals surface area contributed by atoms with Crippen molar-refractivity contribution in [3.8, 4) is 0 Å². The van der Waals surface area contributed by atoms with Crippen molar-refractivity contribution in [3.63, 3.8) is 0 Å². The molecule has 0 aliphatic carbocycles. The topological polar surface area (TPSA) is 101 Å². The summed E-state index contributed by atoms with van der Waals surface area (Å²) in [7, 11) is 0. The first-order valence-corrected chi connectivity index (χ1v) is 7.89. The molecule has 128 valence electrons. The largest absolute Gasteiger partial charge is 0.422 e. The standard InChI is InChI=1S/C16H20N4O4/c1-9(2)14-18-19-15(24-14)12-8-20(4-5-23-12)16(22)11-6-10(3)17-13(21)7-11/h6-7,9,12H,4-5,8H2,1-3H3,(H,17,21)/t12-/m1/s1. The Labute approximate surface area is 138 Å². The smallest absolute Gasteiger partial charge is 0.254 e. The molecular formula is C16H20N4O4. The average Bonchev–Trinajstić information content (AvgIpc) is 3.03. The Bertz CT molecular complexity index is 795. The van der Waals surface area contributed by atoms with E-state index in [4.69, 9.17) is 9.15 Å². The predicted octanol–water partition coefficient (Wildman–Crippen LogP) is 1.40. The predicted molar refractivity (Wildman–Crippen MR) is 84.8 cm³/mol. The van der Waals surface area contributed by atoms with E-state index in [2.05, 4.69) is 15.2 Å². The van der Waals surface area contributed by atoms with E-state index in [0.717, 1.165) is 0 Å². The summed E-state index contributed by atoms with van der Waals surface area (Å²) in [5.41, 5.74) is 0.723. The van der Waals surface area contributed by atoms with Crippen molar-refractivity contribution in [2.45, 2.75) is 32.8 Å². The van der Waals surface area contributed by atoms with Crippen LogP contribution in [0.3, 0.4) is 0 Å². The van der Waals surface area contributed by atoms with Gasteiger partial charge in [0.1, 0.15) is 0 Å². The molecule has 0 aromatic carbocycles. The molecule has 1 atom stereocenters. The van der Waals surface area contributed by atoms with E-state index in [0.29, 0.717) is 42.7 Å². The maximum atomic E-state index is 12.6. The monoisotopic (exact) mass is 332 g/mol. The molecule has 0 radical (unpaired) electrons. The number of morpholine rings is 1. The van der Waals surface area contributed by atoms with Gasteiger partial charge in [0.15, 0.2) is 6.10 Å². The molecule has 2 aromatic heterocycles. The van der Waals surface area contributed by atoms with E-state index in [1.165, 1.54) is 6.07 Å². The van der Waals surface area contributed by atoms with Crippen LogP contribution in [0.15, 0.2) is 21.3 Å². The normalized spacial score (nSPS) is 18.2. The van der Waals surface area contributed by atoms with Crippen LogP contribution >= 0.6 is 0 Å². The molecule has 8 heteroatoms. The zero-order chi connectivity index (χ0) is 17.3. The number of amides is 1. The molecule has 1 aliphatic rings. The van der Waals surface area contributed by atoms with Crippen molar-refractivity contribution in [3.05, 3.63) is 45.5 Å². The summed E-state index contributed by atoms with van der Waals surface area (Å²) >= 11 is 0. The number of hydrogen-bond acceptors (Lipinski definition) is 6. The second kappa shape index (κ2) is 6.56. The number of pyridine rings is 1. The van der Waals surface area contributed by atoms with Crippen molar-refractivity contribution in [2.75, 3.05) is 19.7 Å². The van der Waals surface area contributed by atoms with Crippen LogP contribution in [0, 0.1) is 6.92 Å². The third-order valence-corrected chi connectivity index (χ3v) is 3.81. The van der Waals surface area contributed by atoms with E-state index in [1.807, 2.05) is 13.8 Å². The molecule has 1 N–H and O–H groups in total. The fraction of sp³-hybridized carbons (Fsp3) is 0.500. The number of ether oxygens (including phenoxy) is 1. The van der Waals surface area contributed by atoms with E-state index in [9.17, 15) is 9.59 Å².